The summed E-state index contributed by atoms with van der Waals surface area (Å²) in [5, 5.41) is 9.35. The van der Waals surface area contributed by atoms with E-state index in [1.54, 1.807) is 0 Å². The largest absolute Gasteiger partial charge is 0.353 e. The van der Waals surface area contributed by atoms with Gasteiger partial charge in [0, 0.05) is 38.8 Å². The van der Waals surface area contributed by atoms with Crippen LogP contribution in [0.3, 0.4) is 0 Å². The SMILES string of the molecule is CC(C)N(C)CCNC(=O)C1CNCCN1. The summed E-state index contributed by atoms with van der Waals surface area (Å²) in [5.74, 6) is 0.101. The Hall–Kier alpha value is -0.650. The molecule has 16 heavy (non-hydrogen) atoms. The fourth-order valence-electron chi connectivity index (χ4n) is 1.58. The second kappa shape index (κ2) is 6.83. The molecule has 1 saturated heterocycles. The minimum Gasteiger partial charge on any atom is -0.353 e. The molecule has 1 aliphatic rings. The Kier molecular flexibility index (Phi) is 5.73. The number of carbonyl (C=O) groups is 1. The van der Waals surface area contributed by atoms with E-state index in [4.69, 9.17) is 0 Å². The maximum Gasteiger partial charge on any atom is 0.238 e. The highest BCUT2D eigenvalue weighted by molar-refractivity contribution is 5.82. The minimum atomic E-state index is -0.0712. The van der Waals surface area contributed by atoms with Gasteiger partial charge in [0.15, 0.2) is 0 Å². The number of rotatable bonds is 5. The monoisotopic (exact) mass is 228 g/mol. The summed E-state index contributed by atoms with van der Waals surface area (Å²) in [4.78, 5) is 13.9. The lowest BCUT2D eigenvalue weighted by Gasteiger charge is -2.25. The number of piperazine rings is 1. The van der Waals surface area contributed by atoms with E-state index in [2.05, 4.69) is 41.7 Å². The average molecular weight is 228 g/mol. The van der Waals surface area contributed by atoms with Crippen molar-refractivity contribution in [2.75, 3.05) is 39.8 Å². The second-order valence-electron chi connectivity index (χ2n) is 4.58. The number of hydrogen-bond donors (Lipinski definition) is 3. The quantitative estimate of drug-likeness (QED) is 0.565. The first-order valence-corrected chi connectivity index (χ1v) is 6.03. The van der Waals surface area contributed by atoms with Gasteiger partial charge in [-0.2, -0.15) is 0 Å². The van der Waals surface area contributed by atoms with Gasteiger partial charge in [-0.3, -0.25) is 4.79 Å². The molecule has 1 fully saturated rings. The highest BCUT2D eigenvalue weighted by Gasteiger charge is 2.19. The van der Waals surface area contributed by atoms with Gasteiger partial charge in [-0.15, -0.1) is 0 Å². The minimum absolute atomic E-state index is 0.0712. The van der Waals surface area contributed by atoms with Gasteiger partial charge >= 0.3 is 0 Å². The maximum atomic E-state index is 11.7. The zero-order valence-electron chi connectivity index (χ0n) is 10.5. The van der Waals surface area contributed by atoms with Gasteiger partial charge in [-0.1, -0.05) is 0 Å². The van der Waals surface area contributed by atoms with Gasteiger partial charge in [0.05, 0.1) is 6.04 Å². The molecule has 0 aliphatic carbocycles. The molecule has 1 atom stereocenters. The van der Waals surface area contributed by atoms with Crippen molar-refractivity contribution in [3.8, 4) is 0 Å². The van der Waals surface area contributed by atoms with E-state index >= 15 is 0 Å². The molecule has 0 radical (unpaired) electrons. The summed E-state index contributed by atoms with van der Waals surface area (Å²) in [6.45, 7) is 8.44. The van der Waals surface area contributed by atoms with Crippen LogP contribution in [0.2, 0.25) is 0 Å². The van der Waals surface area contributed by atoms with Crippen LogP contribution in [-0.2, 0) is 4.79 Å². The Balaban J connectivity index is 2.14. The van der Waals surface area contributed by atoms with Crippen molar-refractivity contribution in [1.29, 1.82) is 0 Å². The Labute approximate surface area is 98.0 Å². The number of likely N-dealkylation sites (N-methyl/N-ethyl adjacent to an activating group) is 1. The molecule has 0 spiro atoms. The van der Waals surface area contributed by atoms with Crippen LogP contribution >= 0.6 is 0 Å². The van der Waals surface area contributed by atoms with Gasteiger partial charge in [0.1, 0.15) is 0 Å². The smallest absolute Gasteiger partial charge is 0.238 e. The van der Waals surface area contributed by atoms with Gasteiger partial charge in [-0.25, -0.2) is 0 Å². The molecule has 0 aromatic rings. The summed E-state index contributed by atoms with van der Waals surface area (Å²) >= 11 is 0. The molecule has 1 rings (SSSR count). The van der Waals surface area contributed by atoms with Crippen LogP contribution in [0.15, 0.2) is 0 Å². The van der Waals surface area contributed by atoms with Crippen LogP contribution in [0.1, 0.15) is 13.8 Å². The molecule has 1 unspecified atom stereocenters. The lowest BCUT2D eigenvalue weighted by molar-refractivity contribution is -0.123. The van der Waals surface area contributed by atoms with E-state index in [0.29, 0.717) is 12.6 Å². The summed E-state index contributed by atoms with van der Waals surface area (Å²) < 4.78 is 0. The van der Waals surface area contributed by atoms with Crippen LogP contribution in [0.25, 0.3) is 0 Å². The van der Waals surface area contributed by atoms with Crippen molar-refractivity contribution in [1.82, 2.24) is 20.9 Å². The molecular formula is C11H24N4O. The molecule has 1 amide bonds. The molecule has 0 aromatic heterocycles. The first kappa shape index (κ1) is 13.4. The van der Waals surface area contributed by atoms with E-state index < -0.39 is 0 Å². The fourth-order valence-corrected chi connectivity index (χ4v) is 1.58. The molecule has 5 heteroatoms. The molecule has 1 aliphatic heterocycles. The lowest BCUT2D eigenvalue weighted by Crippen LogP contribution is -2.56. The summed E-state index contributed by atoms with van der Waals surface area (Å²) in [5.41, 5.74) is 0. The fraction of sp³-hybridized carbons (Fsp3) is 0.909. The molecule has 0 saturated carbocycles. The zero-order chi connectivity index (χ0) is 12.0. The van der Waals surface area contributed by atoms with Crippen molar-refractivity contribution in [2.24, 2.45) is 0 Å². The predicted octanol–water partition coefficient (Wildman–Crippen LogP) is -0.996. The highest BCUT2D eigenvalue weighted by atomic mass is 16.2. The van der Waals surface area contributed by atoms with Crippen LogP contribution in [0.4, 0.5) is 0 Å². The van der Waals surface area contributed by atoms with Crippen LogP contribution in [0, 0.1) is 0 Å². The number of amides is 1. The van der Waals surface area contributed by atoms with Crippen molar-refractivity contribution in [3.05, 3.63) is 0 Å². The maximum absolute atomic E-state index is 11.7. The van der Waals surface area contributed by atoms with E-state index in [-0.39, 0.29) is 11.9 Å². The van der Waals surface area contributed by atoms with Crippen LogP contribution < -0.4 is 16.0 Å². The predicted molar refractivity (Wildman–Crippen MR) is 65.4 cm³/mol. The van der Waals surface area contributed by atoms with Crippen LogP contribution in [0.5, 0.6) is 0 Å². The number of nitrogens with zero attached hydrogens (tertiary/aromatic N) is 1. The van der Waals surface area contributed by atoms with E-state index in [1.807, 2.05) is 0 Å². The molecular weight excluding hydrogens is 204 g/mol. The number of carbonyl (C=O) groups excluding carboxylic acids is 1. The molecule has 0 aromatic carbocycles. The molecule has 5 nitrogen and oxygen atoms in total. The highest BCUT2D eigenvalue weighted by Crippen LogP contribution is 1.91. The third kappa shape index (κ3) is 4.47. The summed E-state index contributed by atoms with van der Waals surface area (Å²) in [7, 11) is 2.07. The molecule has 0 bridgehead atoms. The third-order valence-electron chi connectivity index (χ3n) is 3.00. The Bertz CT molecular complexity index is 214. The van der Waals surface area contributed by atoms with E-state index in [9.17, 15) is 4.79 Å². The summed E-state index contributed by atoms with van der Waals surface area (Å²) in [6.07, 6.45) is 0. The molecule has 3 N–H and O–H groups in total. The van der Waals surface area contributed by atoms with Crippen LogP contribution in [-0.4, -0.2) is 62.7 Å². The van der Waals surface area contributed by atoms with Gasteiger partial charge in [0.2, 0.25) is 5.91 Å². The standard InChI is InChI=1S/C11H24N4O/c1-9(2)15(3)7-6-14-11(16)10-8-12-4-5-13-10/h9-10,12-13H,4-8H2,1-3H3,(H,14,16). The lowest BCUT2D eigenvalue weighted by atomic mass is 10.2. The third-order valence-corrected chi connectivity index (χ3v) is 3.00. The second-order valence-corrected chi connectivity index (χ2v) is 4.58. The first-order valence-electron chi connectivity index (χ1n) is 6.03. The number of hydrogen-bond acceptors (Lipinski definition) is 4. The van der Waals surface area contributed by atoms with Crippen molar-refractivity contribution >= 4 is 5.91 Å². The topological polar surface area (TPSA) is 56.4 Å². The Morgan fingerprint density at radius 1 is 1.50 bits per heavy atom. The zero-order valence-corrected chi connectivity index (χ0v) is 10.5. The van der Waals surface area contributed by atoms with Crippen molar-refractivity contribution < 1.29 is 4.79 Å². The first-order chi connectivity index (χ1) is 7.61. The number of nitrogens with one attached hydrogen (secondary N) is 3. The summed E-state index contributed by atoms with van der Waals surface area (Å²) in [6, 6.07) is 0.449. The normalized spacial score (nSPS) is 21.4. The molecule has 94 valence electrons. The van der Waals surface area contributed by atoms with Gasteiger partial charge in [0.25, 0.3) is 0 Å². The Morgan fingerprint density at radius 3 is 2.81 bits per heavy atom. The van der Waals surface area contributed by atoms with E-state index in [0.717, 1.165) is 26.2 Å². The average Bonchev–Trinajstić information content (AvgIpc) is 2.29. The van der Waals surface area contributed by atoms with Crippen molar-refractivity contribution in [2.45, 2.75) is 25.9 Å². The van der Waals surface area contributed by atoms with Gasteiger partial charge in [-0.05, 0) is 20.9 Å². The van der Waals surface area contributed by atoms with Gasteiger partial charge < -0.3 is 20.9 Å². The van der Waals surface area contributed by atoms with Crippen molar-refractivity contribution in [3.63, 3.8) is 0 Å². The molecule has 1 heterocycles. The Morgan fingerprint density at radius 2 is 2.25 bits per heavy atom. The van der Waals surface area contributed by atoms with E-state index in [1.165, 1.54) is 0 Å².